The van der Waals surface area contributed by atoms with Gasteiger partial charge in [0, 0.05) is 49.4 Å². The first-order valence-corrected chi connectivity index (χ1v) is 13.2. The van der Waals surface area contributed by atoms with E-state index in [0.29, 0.717) is 29.9 Å². The van der Waals surface area contributed by atoms with Crippen LogP contribution in [0.3, 0.4) is 0 Å². The van der Waals surface area contributed by atoms with Crippen LogP contribution in [0.2, 0.25) is 0 Å². The number of carbonyl (C=O) groups excluding carboxylic acids is 1. The first-order chi connectivity index (χ1) is 18.8. The van der Waals surface area contributed by atoms with Gasteiger partial charge in [-0.05, 0) is 51.7 Å². The van der Waals surface area contributed by atoms with Crippen LogP contribution in [0.15, 0.2) is 42.9 Å². The van der Waals surface area contributed by atoms with E-state index in [-0.39, 0.29) is 17.4 Å². The Kier molecular flexibility index (Phi) is 6.24. The molecule has 1 spiro atoms. The molecule has 2 N–H and O–H groups in total. The molecule has 0 aromatic carbocycles. The first kappa shape index (κ1) is 25.0. The molecule has 0 radical (unpaired) electrons. The quantitative estimate of drug-likeness (QED) is 0.386. The van der Waals surface area contributed by atoms with Gasteiger partial charge in [0.15, 0.2) is 17.5 Å². The number of hydrogen-bond donors (Lipinski definition) is 2. The van der Waals surface area contributed by atoms with Crippen LogP contribution in [0.5, 0.6) is 0 Å². The molecule has 1 unspecified atom stereocenters. The Labute approximate surface area is 225 Å². The number of likely N-dealkylation sites (tertiary alicyclic amines) is 1. The van der Waals surface area contributed by atoms with Gasteiger partial charge < -0.3 is 15.1 Å². The molecule has 2 aliphatic heterocycles. The maximum Gasteiger partial charge on any atom is 0.229 e. The van der Waals surface area contributed by atoms with Crippen molar-refractivity contribution in [3.63, 3.8) is 0 Å². The number of hydrogen-bond acceptors (Lipinski definition) is 8. The van der Waals surface area contributed by atoms with Crippen LogP contribution in [0.4, 0.5) is 22.0 Å². The molecule has 1 atom stereocenters. The van der Waals surface area contributed by atoms with Crippen molar-refractivity contribution in [1.82, 2.24) is 39.8 Å². The van der Waals surface area contributed by atoms with Gasteiger partial charge in [0.2, 0.25) is 11.9 Å². The number of anilines is 3. The Morgan fingerprint density at radius 2 is 1.85 bits per heavy atom. The highest BCUT2D eigenvalue weighted by Crippen LogP contribution is 2.44. The zero-order chi connectivity index (χ0) is 27.1. The predicted molar refractivity (Wildman–Crippen MR) is 143 cm³/mol. The maximum absolute atomic E-state index is 13.7. The van der Waals surface area contributed by atoms with Gasteiger partial charge >= 0.3 is 0 Å². The molecule has 6 heterocycles. The maximum atomic E-state index is 13.7. The minimum atomic E-state index is -0.414. The molecule has 12 heteroatoms. The minimum absolute atomic E-state index is 0.106. The summed E-state index contributed by atoms with van der Waals surface area (Å²) in [6.07, 6.45) is 6.53. The summed E-state index contributed by atoms with van der Waals surface area (Å²) in [6.45, 7) is 8.08. The van der Waals surface area contributed by atoms with E-state index in [1.807, 2.05) is 43.9 Å². The zero-order valence-corrected chi connectivity index (χ0v) is 22.2. The molecule has 0 aliphatic carbocycles. The van der Waals surface area contributed by atoms with E-state index in [1.165, 1.54) is 10.9 Å². The van der Waals surface area contributed by atoms with Gasteiger partial charge in [-0.2, -0.15) is 15.2 Å². The smallest absolute Gasteiger partial charge is 0.229 e. The van der Waals surface area contributed by atoms with Crippen LogP contribution < -0.4 is 10.2 Å². The number of aryl methyl sites for hydroxylation is 2. The Balaban J connectivity index is 1.11. The number of nitrogens with one attached hydrogen (secondary N) is 2. The predicted octanol–water partition coefficient (Wildman–Crippen LogP) is 3.86. The van der Waals surface area contributed by atoms with Gasteiger partial charge in [0.1, 0.15) is 5.82 Å². The largest absolute Gasteiger partial charge is 0.341 e. The summed E-state index contributed by atoms with van der Waals surface area (Å²) >= 11 is 0. The number of nitrogens with zero attached hydrogens (tertiary/aromatic N) is 8. The molecule has 6 rings (SSSR count). The summed E-state index contributed by atoms with van der Waals surface area (Å²) in [5, 5.41) is 14.4. The number of H-pyrrole nitrogens is 1. The molecule has 2 saturated heterocycles. The molecule has 11 nitrogen and oxygen atoms in total. The van der Waals surface area contributed by atoms with Crippen molar-refractivity contribution < 1.29 is 9.18 Å². The van der Waals surface area contributed by atoms with Crippen LogP contribution in [-0.4, -0.2) is 65.4 Å². The number of amides is 1. The monoisotopic (exact) mass is 530 g/mol. The lowest BCUT2D eigenvalue weighted by Crippen LogP contribution is -2.45. The van der Waals surface area contributed by atoms with E-state index in [9.17, 15) is 9.18 Å². The van der Waals surface area contributed by atoms with Crippen molar-refractivity contribution in [2.24, 2.45) is 5.41 Å². The zero-order valence-electron chi connectivity index (χ0n) is 22.2. The Hall–Kier alpha value is -4.35. The second kappa shape index (κ2) is 9.75. The average Bonchev–Trinajstić information content (AvgIpc) is 3.63. The number of halogens is 1. The molecule has 4 aromatic rings. The summed E-state index contributed by atoms with van der Waals surface area (Å²) < 4.78 is 14.7. The molecule has 0 saturated carbocycles. The lowest BCUT2D eigenvalue weighted by atomic mass is 9.77. The lowest BCUT2D eigenvalue weighted by Gasteiger charge is -2.38. The highest BCUT2D eigenvalue weighted by Gasteiger charge is 2.49. The van der Waals surface area contributed by atoms with E-state index in [1.54, 1.807) is 12.3 Å². The molecule has 2 fully saturated rings. The van der Waals surface area contributed by atoms with E-state index in [4.69, 9.17) is 4.98 Å². The third-order valence-corrected chi connectivity index (χ3v) is 7.86. The SMILES string of the molecule is Cc1cc(Nc2cc(C)[nH]n2)nc(N2CCC3(CC2)CCN(C(C)c2ccc(-n4cc(F)cn4)nc2)C3=O)n1. The fourth-order valence-corrected chi connectivity index (χ4v) is 5.57. The van der Waals surface area contributed by atoms with Crippen LogP contribution in [-0.2, 0) is 4.79 Å². The molecule has 0 bridgehead atoms. The van der Waals surface area contributed by atoms with E-state index < -0.39 is 5.82 Å². The fourth-order valence-electron chi connectivity index (χ4n) is 5.57. The van der Waals surface area contributed by atoms with E-state index in [2.05, 4.69) is 35.5 Å². The van der Waals surface area contributed by atoms with Crippen LogP contribution >= 0.6 is 0 Å². The topological polar surface area (TPSA) is 121 Å². The summed E-state index contributed by atoms with van der Waals surface area (Å²) in [7, 11) is 0. The lowest BCUT2D eigenvalue weighted by molar-refractivity contribution is -0.138. The van der Waals surface area contributed by atoms with Crippen molar-refractivity contribution in [3.05, 3.63) is 65.6 Å². The number of aromatic nitrogens is 7. The van der Waals surface area contributed by atoms with Crippen molar-refractivity contribution in [2.45, 2.75) is 46.1 Å². The normalized spacial score (nSPS) is 17.7. The summed E-state index contributed by atoms with van der Waals surface area (Å²) in [6, 6.07) is 7.44. The van der Waals surface area contributed by atoms with Crippen LogP contribution in [0, 0.1) is 25.1 Å². The Morgan fingerprint density at radius 1 is 1.05 bits per heavy atom. The molecular weight excluding hydrogens is 499 g/mol. The molecule has 39 heavy (non-hydrogen) atoms. The number of aromatic amines is 1. The van der Waals surface area contributed by atoms with Gasteiger partial charge in [-0.3, -0.25) is 9.89 Å². The third-order valence-electron chi connectivity index (χ3n) is 7.86. The number of rotatable bonds is 6. The van der Waals surface area contributed by atoms with Crippen molar-refractivity contribution in [2.75, 3.05) is 29.9 Å². The highest BCUT2D eigenvalue weighted by atomic mass is 19.1. The fraction of sp³-hybridized carbons (Fsp3) is 0.407. The minimum Gasteiger partial charge on any atom is -0.341 e. The average molecular weight is 531 g/mol. The van der Waals surface area contributed by atoms with E-state index >= 15 is 0 Å². The van der Waals surface area contributed by atoms with Crippen molar-refractivity contribution >= 4 is 23.5 Å². The molecule has 1 amide bonds. The highest BCUT2D eigenvalue weighted by molar-refractivity contribution is 5.85. The first-order valence-electron chi connectivity index (χ1n) is 13.2. The van der Waals surface area contributed by atoms with Crippen molar-refractivity contribution in [1.29, 1.82) is 0 Å². The second-order valence-corrected chi connectivity index (χ2v) is 10.5. The van der Waals surface area contributed by atoms with Crippen LogP contribution in [0.25, 0.3) is 5.82 Å². The van der Waals surface area contributed by atoms with Gasteiger partial charge in [0.05, 0.1) is 23.9 Å². The number of carbonyl (C=O) groups is 1. The summed E-state index contributed by atoms with van der Waals surface area (Å²) in [5.41, 5.74) is 2.41. The molecule has 202 valence electrons. The standard InChI is InChI=1S/C27H31FN10O/c1-17-12-22(32-23-13-18(2)34-35-23)33-26(31-17)36-9-6-27(7-10-36)8-11-37(25(27)39)19(3)20-4-5-24(29-14-20)38-16-21(28)15-30-38/h4-5,12-16,19H,6-11H2,1-3H3,(H2,31,32,33,34,35). The van der Waals surface area contributed by atoms with Crippen molar-refractivity contribution in [3.8, 4) is 5.82 Å². The Bertz CT molecular complexity index is 1490. The molecular formula is C27H31FN10O. The molecule has 4 aromatic heterocycles. The summed E-state index contributed by atoms with van der Waals surface area (Å²) in [5.74, 6) is 2.39. The van der Waals surface area contributed by atoms with Gasteiger partial charge in [-0.1, -0.05) is 6.07 Å². The Morgan fingerprint density at radius 3 is 2.51 bits per heavy atom. The van der Waals surface area contributed by atoms with Gasteiger partial charge in [0.25, 0.3) is 0 Å². The number of piperidine rings is 1. The molecule has 2 aliphatic rings. The number of pyridine rings is 1. The van der Waals surface area contributed by atoms with Gasteiger partial charge in [-0.15, -0.1) is 0 Å². The van der Waals surface area contributed by atoms with Crippen LogP contribution in [0.1, 0.15) is 49.2 Å². The third kappa shape index (κ3) is 4.82. The van der Waals surface area contributed by atoms with Gasteiger partial charge in [-0.25, -0.2) is 19.0 Å². The van der Waals surface area contributed by atoms with E-state index in [0.717, 1.165) is 55.5 Å². The second-order valence-electron chi connectivity index (χ2n) is 10.5. The summed E-state index contributed by atoms with van der Waals surface area (Å²) in [4.78, 5) is 31.7.